The second kappa shape index (κ2) is 5.95. The highest BCUT2D eigenvalue weighted by atomic mass is 35.5. The highest BCUT2D eigenvalue weighted by Crippen LogP contribution is 2.33. The van der Waals surface area contributed by atoms with Crippen molar-refractivity contribution in [3.63, 3.8) is 0 Å². The average molecular weight is 369 g/mol. The van der Waals surface area contributed by atoms with Crippen LogP contribution in [0.1, 0.15) is 11.3 Å². The molecule has 5 rings (SSSR count). The Kier molecular flexibility index (Phi) is 3.57. The van der Waals surface area contributed by atoms with E-state index in [0.29, 0.717) is 29.6 Å². The Hall–Kier alpha value is -2.66. The molecule has 0 radical (unpaired) electrons. The van der Waals surface area contributed by atoms with Gasteiger partial charge in [-0.3, -0.25) is 4.79 Å². The van der Waals surface area contributed by atoms with E-state index in [-0.39, 0.29) is 12.5 Å². The van der Waals surface area contributed by atoms with Crippen LogP contribution in [-0.2, 0) is 17.8 Å². The van der Waals surface area contributed by atoms with Crippen molar-refractivity contribution < 1.29 is 14.3 Å². The Morgan fingerprint density at radius 3 is 2.92 bits per heavy atom. The van der Waals surface area contributed by atoms with E-state index in [1.807, 2.05) is 47.4 Å². The van der Waals surface area contributed by atoms with E-state index in [2.05, 4.69) is 4.98 Å². The quantitative estimate of drug-likeness (QED) is 0.714. The van der Waals surface area contributed by atoms with Gasteiger partial charge >= 0.3 is 0 Å². The van der Waals surface area contributed by atoms with Crippen LogP contribution in [-0.4, -0.2) is 35.0 Å². The molecular weight excluding hydrogens is 352 g/mol. The maximum Gasteiger partial charge on any atom is 0.267 e. The molecule has 1 N–H and O–H groups in total. The molecule has 2 aromatic carbocycles. The summed E-state index contributed by atoms with van der Waals surface area (Å²) in [6.45, 7) is 1.45. The molecule has 3 heterocycles. The molecule has 2 aliphatic heterocycles. The van der Waals surface area contributed by atoms with Crippen molar-refractivity contribution >= 4 is 28.4 Å². The van der Waals surface area contributed by atoms with Gasteiger partial charge in [-0.15, -0.1) is 0 Å². The van der Waals surface area contributed by atoms with Crippen molar-refractivity contribution in [2.24, 2.45) is 0 Å². The Morgan fingerprint density at radius 2 is 2.04 bits per heavy atom. The van der Waals surface area contributed by atoms with E-state index in [1.165, 1.54) is 5.69 Å². The van der Waals surface area contributed by atoms with Crippen molar-refractivity contribution in [2.45, 2.75) is 19.1 Å². The molecule has 6 heteroatoms. The third kappa shape index (κ3) is 2.51. The first-order chi connectivity index (χ1) is 12.7. The van der Waals surface area contributed by atoms with Crippen LogP contribution in [0.25, 0.3) is 10.9 Å². The van der Waals surface area contributed by atoms with Crippen molar-refractivity contribution in [3.05, 3.63) is 58.7 Å². The first-order valence-electron chi connectivity index (χ1n) is 8.65. The van der Waals surface area contributed by atoms with Gasteiger partial charge in [0.15, 0.2) is 11.5 Å². The number of aromatic amines is 1. The summed E-state index contributed by atoms with van der Waals surface area (Å²) in [6.07, 6.45) is 0.178. The number of benzene rings is 2. The predicted molar refractivity (Wildman–Crippen MR) is 98.8 cm³/mol. The molecular formula is C20H17ClN2O3. The number of rotatable bonds is 1. The molecule has 0 saturated heterocycles. The summed E-state index contributed by atoms with van der Waals surface area (Å²) in [4.78, 5) is 18.3. The molecule has 1 unspecified atom stereocenters. The number of nitrogens with one attached hydrogen (secondary N) is 1. The third-order valence-electron chi connectivity index (χ3n) is 5.03. The van der Waals surface area contributed by atoms with Crippen molar-refractivity contribution in [1.82, 2.24) is 9.88 Å². The van der Waals surface area contributed by atoms with Gasteiger partial charge in [-0.25, -0.2) is 0 Å². The lowest BCUT2D eigenvalue weighted by Gasteiger charge is -2.32. The van der Waals surface area contributed by atoms with E-state index in [1.54, 1.807) is 0 Å². The molecule has 1 atom stereocenters. The zero-order valence-corrected chi connectivity index (χ0v) is 14.8. The summed E-state index contributed by atoms with van der Waals surface area (Å²) in [5, 5.41) is 1.78. The fourth-order valence-electron chi connectivity index (χ4n) is 3.72. The fourth-order valence-corrected chi connectivity index (χ4v) is 3.89. The largest absolute Gasteiger partial charge is 0.485 e. The van der Waals surface area contributed by atoms with Gasteiger partial charge in [0.2, 0.25) is 6.10 Å². The number of H-pyrrole nitrogens is 1. The lowest BCUT2D eigenvalue weighted by molar-refractivity contribution is -0.142. The standard InChI is InChI=1S/C20H17ClN2O3/c21-12-5-6-15-13(9-12)14-10-23(8-7-16(14)22-15)20(24)19-11-25-17-3-1-2-4-18(17)26-19/h1-6,9,19,22H,7-8,10-11H2. The molecule has 1 amide bonds. The van der Waals surface area contributed by atoms with E-state index in [9.17, 15) is 4.79 Å². The van der Waals surface area contributed by atoms with Gasteiger partial charge < -0.3 is 19.4 Å². The Labute approximate surface area is 155 Å². The van der Waals surface area contributed by atoms with E-state index in [0.717, 1.165) is 22.9 Å². The number of carbonyl (C=O) groups is 1. The van der Waals surface area contributed by atoms with E-state index < -0.39 is 6.10 Å². The van der Waals surface area contributed by atoms with Crippen LogP contribution in [0.4, 0.5) is 0 Å². The minimum atomic E-state index is -0.611. The van der Waals surface area contributed by atoms with Gasteiger partial charge in [-0.1, -0.05) is 23.7 Å². The highest BCUT2D eigenvalue weighted by molar-refractivity contribution is 6.31. The number of nitrogens with zero attached hydrogens (tertiary/aromatic N) is 1. The summed E-state index contributed by atoms with van der Waals surface area (Å²) in [5.41, 5.74) is 3.37. The molecule has 2 aliphatic rings. The number of hydrogen-bond acceptors (Lipinski definition) is 3. The maximum absolute atomic E-state index is 13.0. The molecule has 5 nitrogen and oxygen atoms in total. The normalized spacial score (nSPS) is 18.7. The molecule has 0 bridgehead atoms. The molecule has 0 fully saturated rings. The van der Waals surface area contributed by atoms with E-state index in [4.69, 9.17) is 21.1 Å². The van der Waals surface area contributed by atoms with Gasteiger partial charge in [0, 0.05) is 46.7 Å². The maximum atomic E-state index is 13.0. The number of ether oxygens (including phenoxy) is 2. The number of fused-ring (bicyclic) bond motifs is 4. The summed E-state index contributed by atoms with van der Waals surface area (Å²) in [7, 11) is 0. The van der Waals surface area contributed by atoms with Crippen LogP contribution in [0.2, 0.25) is 5.02 Å². The molecule has 0 spiro atoms. The smallest absolute Gasteiger partial charge is 0.267 e. The number of amides is 1. The molecule has 1 aromatic heterocycles. The number of hydrogen-bond donors (Lipinski definition) is 1. The number of para-hydroxylation sites is 2. The van der Waals surface area contributed by atoms with Crippen LogP contribution < -0.4 is 9.47 Å². The highest BCUT2D eigenvalue weighted by Gasteiger charge is 2.33. The Bertz CT molecular complexity index is 1010. The SMILES string of the molecule is O=C(C1COc2ccccc2O1)N1CCc2[nH]c3ccc(Cl)cc3c2C1. The lowest BCUT2D eigenvalue weighted by Crippen LogP contribution is -2.47. The third-order valence-corrected chi connectivity index (χ3v) is 5.27. The van der Waals surface area contributed by atoms with Crippen LogP contribution in [0, 0.1) is 0 Å². The number of carbonyl (C=O) groups excluding carboxylic acids is 1. The summed E-state index contributed by atoms with van der Waals surface area (Å²) < 4.78 is 11.6. The van der Waals surface area contributed by atoms with Crippen molar-refractivity contribution in [1.29, 1.82) is 0 Å². The van der Waals surface area contributed by atoms with Gasteiger partial charge in [-0.2, -0.15) is 0 Å². The van der Waals surface area contributed by atoms with Crippen LogP contribution in [0.15, 0.2) is 42.5 Å². The molecule has 3 aromatic rings. The lowest BCUT2D eigenvalue weighted by atomic mass is 10.0. The first kappa shape index (κ1) is 15.6. The summed E-state index contributed by atoms with van der Waals surface area (Å²) >= 11 is 6.16. The van der Waals surface area contributed by atoms with Crippen LogP contribution >= 0.6 is 11.6 Å². The van der Waals surface area contributed by atoms with Gasteiger partial charge in [-0.05, 0) is 30.3 Å². The summed E-state index contributed by atoms with van der Waals surface area (Å²) in [6, 6.07) is 13.2. The topological polar surface area (TPSA) is 54.6 Å². The minimum absolute atomic E-state index is 0.0402. The zero-order valence-electron chi connectivity index (χ0n) is 14.0. The molecule has 26 heavy (non-hydrogen) atoms. The second-order valence-corrected chi connectivity index (χ2v) is 7.08. The zero-order chi connectivity index (χ0) is 17.7. The Balaban J connectivity index is 1.40. The van der Waals surface area contributed by atoms with Gasteiger partial charge in [0.1, 0.15) is 6.61 Å². The fraction of sp³-hybridized carbons (Fsp3) is 0.250. The second-order valence-electron chi connectivity index (χ2n) is 6.65. The van der Waals surface area contributed by atoms with Gasteiger partial charge in [0.05, 0.1) is 0 Å². The van der Waals surface area contributed by atoms with Crippen molar-refractivity contribution in [2.75, 3.05) is 13.2 Å². The minimum Gasteiger partial charge on any atom is -0.485 e. The average Bonchev–Trinajstić information content (AvgIpc) is 3.04. The molecule has 0 aliphatic carbocycles. The van der Waals surface area contributed by atoms with Crippen LogP contribution in [0.5, 0.6) is 11.5 Å². The Morgan fingerprint density at radius 1 is 1.19 bits per heavy atom. The first-order valence-corrected chi connectivity index (χ1v) is 9.03. The number of halogens is 1. The van der Waals surface area contributed by atoms with Crippen LogP contribution in [0.3, 0.4) is 0 Å². The van der Waals surface area contributed by atoms with Gasteiger partial charge in [0.25, 0.3) is 5.91 Å². The predicted octanol–water partition coefficient (Wildman–Crippen LogP) is 3.55. The molecule has 0 saturated carbocycles. The monoisotopic (exact) mass is 368 g/mol. The molecule has 132 valence electrons. The van der Waals surface area contributed by atoms with Crippen molar-refractivity contribution in [3.8, 4) is 11.5 Å². The van der Waals surface area contributed by atoms with E-state index >= 15 is 0 Å². The summed E-state index contributed by atoms with van der Waals surface area (Å²) in [5.74, 6) is 1.26. The number of aromatic nitrogens is 1.